The molecule has 0 aliphatic heterocycles. The van der Waals surface area contributed by atoms with E-state index in [1.54, 1.807) is 12.1 Å². The molecule has 0 radical (unpaired) electrons. The van der Waals surface area contributed by atoms with E-state index in [1.807, 2.05) is 6.07 Å². The SMILES string of the molecule is OC1CC(Oc2ccc(Cl)c(Cl)c2)C12CCCCCC2. The number of ether oxygens (including phenoxy) is 1. The minimum Gasteiger partial charge on any atom is -0.490 e. The summed E-state index contributed by atoms with van der Waals surface area (Å²) < 4.78 is 6.10. The Hall–Kier alpha value is -0.440. The molecule has 1 N–H and O–H groups in total. The van der Waals surface area contributed by atoms with Gasteiger partial charge in [-0.2, -0.15) is 0 Å². The Labute approximate surface area is 130 Å². The molecule has 2 aliphatic rings. The highest BCUT2D eigenvalue weighted by molar-refractivity contribution is 6.42. The average Bonchev–Trinajstić information content (AvgIpc) is 2.70. The zero-order valence-electron chi connectivity index (χ0n) is 11.4. The van der Waals surface area contributed by atoms with Crippen molar-refractivity contribution in [3.63, 3.8) is 0 Å². The summed E-state index contributed by atoms with van der Waals surface area (Å²) in [6, 6.07) is 5.37. The predicted molar refractivity (Wildman–Crippen MR) is 81.6 cm³/mol. The molecule has 2 unspecified atom stereocenters. The van der Waals surface area contributed by atoms with E-state index in [-0.39, 0.29) is 17.6 Å². The van der Waals surface area contributed by atoms with Crippen LogP contribution in [0.3, 0.4) is 0 Å². The molecule has 0 aromatic heterocycles. The van der Waals surface area contributed by atoms with Crippen LogP contribution in [0.2, 0.25) is 10.0 Å². The van der Waals surface area contributed by atoms with E-state index in [4.69, 9.17) is 27.9 Å². The van der Waals surface area contributed by atoms with Gasteiger partial charge < -0.3 is 9.84 Å². The van der Waals surface area contributed by atoms with Gasteiger partial charge in [-0.1, -0.05) is 48.9 Å². The fourth-order valence-corrected chi connectivity index (χ4v) is 3.94. The Kier molecular flexibility index (Phi) is 4.16. The lowest BCUT2D eigenvalue weighted by Gasteiger charge is -2.53. The van der Waals surface area contributed by atoms with Crippen LogP contribution < -0.4 is 4.74 Å². The molecule has 1 spiro atoms. The van der Waals surface area contributed by atoms with Crippen molar-refractivity contribution in [1.29, 1.82) is 0 Å². The molecule has 0 heterocycles. The van der Waals surface area contributed by atoms with Crippen molar-refractivity contribution in [2.45, 2.75) is 57.2 Å². The summed E-state index contributed by atoms with van der Waals surface area (Å²) in [5.41, 5.74) is -0.0391. The summed E-state index contributed by atoms with van der Waals surface area (Å²) in [5.74, 6) is 0.750. The van der Waals surface area contributed by atoms with E-state index < -0.39 is 0 Å². The Morgan fingerprint density at radius 1 is 1.05 bits per heavy atom. The van der Waals surface area contributed by atoms with Crippen LogP contribution in [-0.4, -0.2) is 17.3 Å². The van der Waals surface area contributed by atoms with Crippen LogP contribution >= 0.6 is 23.2 Å². The third-order valence-corrected chi connectivity index (χ3v) is 5.69. The van der Waals surface area contributed by atoms with Gasteiger partial charge in [0.25, 0.3) is 0 Å². The van der Waals surface area contributed by atoms with Crippen molar-refractivity contribution in [2.75, 3.05) is 0 Å². The molecule has 1 aromatic carbocycles. The van der Waals surface area contributed by atoms with E-state index in [1.165, 1.54) is 25.7 Å². The van der Waals surface area contributed by atoms with Crippen LogP contribution in [0, 0.1) is 5.41 Å². The first-order valence-electron chi connectivity index (χ1n) is 7.41. The zero-order chi connectivity index (χ0) is 14.2. The lowest BCUT2D eigenvalue weighted by molar-refractivity contribution is -0.163. The van der Waals surface area contributed by atoms with Crippen LogP contribution in [0.5, 0.6) is 5.75 Å². The van der Waals surface area contributed by atoms with Crippen molar-refractivity contribution < 1.29 is 9.84 Å². The molecule has 1 aromatic rings. The van der Waals surface area contributed by atoms with Gasteiger partial charge in [0.1, 0.15) is 11.9 Å². The van der Waals surface area contributed by atoms with E-state index in [2.05, 4.69) is 0 Å². The molecule has 2 saturated carbocycles. The average molecular weight is 315 g/mol. The molecule has 2 nitrogen and oxygen atoms in total. The quantitative estimate of drug-likeness (QED) is 0.845. The van der Waals surface area contributed by atoms with Gasteiger partial charge in [0.15, 0.2) is 0 Å². The predicted octanol–water partition coefficient (Wildman–Crippen LogP) is 4.85. The topological polar surface area (TPSA) is 29.5 Å². The summed E-state index contributed by atoms with van der Waals surface area (Å²) in [7, 11) is 0. The fraction of sp³-hybridized carbons (Fsp3) is 0.625. The number of hydrogen-bond acceptors (Lipinski definition) is 2. The highest BCUT2D eigenvalue weighted by Gasteiger charge is 2.55. The van der Waals surface area contributed by atoms with Gasteiger partial charge in [0.2, 0.25) is 0 Å². The molecular weight excluding hydrogens is 295 g/mol. The monoisotopic (exact) mass is 314 g/mol. The van der Waals surface area contributed by atoms with Gasteiger partial charge in [0, 0.05) is 17.9 Å². The molecule has 0 saturated heterocycles. The van der Waals surface area contributed by atoms with Crippen LogP contribution in [0.1, 0.15) is 44.9 Å². The number of aliphatic hydroxyl groups is 1. The fourth-order valence-electron chi connectivity index (χ4n) is 3.65. The number of aliphatic hydroxyl groups excluding tert-OH is 1. The molecule has 110 valence electrons. The standard InChI is InChI=1S/C16H20Cl2O2/c17-12-6-5-11(9-13(12)18)20-15-10-14(19)16(15)7-3-1-2-4-8-16/h5-6,9,14-15,19H,1-4,7-8,10H2. The third kappa shape index (κ3) is 2.54. The van der Waals surface area contributed by atoms with Crippen LogP contribution in [0.4, 0.5) is 0 Å². The number of halogens is 2. The first-order chi connectivity index (χ1) is 9.62. The highest BCUT2D eigenvalue weighted by Crippen LogP contribution is 2.52. The second kappa shape index (κ2) is 5.75. The third-order valence-electron chi connectivity index (χ3n) is 4.95. The molecule has 20 heavy (non-hydrogen) atoms. The molecule has 0 bridgehead atoms. The van der Waals surface area contributed by atoms with Gasteiger partial charge in [0.05, 0.1) is 16.1 Å². The summed E-state index contributed by atoms with van der Waals surface area (Å²) in [4.78, 5) is 0. The molecule has 0 amide bonds. The Morgan fingerprint density at radius 2 is 1.75 bits per heavy atom. The Bertz CT molecular complexity index is 481. The summed E-state index contributed by atoms with van der Waals surface area (Å²) in [6.45, 7) is 0. The van der Waals surface area contributed by atoms with Gasteiger partial charge in [-0.25, -0.2) is 0 Å². The van der Waals surface area contributed by atoms with Gasteiger partial charge in [-0.3, -0.25) is 0 Å². The minimum absolute atomic E-state index is 0.0391. The summed E-state index contributed by atoms with van der Waals surface area (Å²) in [6.07, 6.45) is 7.68. The smallest absolute Gasteiger partial charge is 0.121 e. The van der Waals surface area contributed by atoms with Gasteiger partial charge in [-0.05, 0) is 25.0 Å². The van der Waals surface area contributed by atoms with Gasteiger partial charge in [-0.15, -0.1) is 0 Å². The Morgan fingerprint density at radius 3 is 2.35 bits per heavy atom. The first kappa shape index (κ1) is 14.5. The van der Waals surface area contributed by atoms with Gasteiger partial charge >= 0.3 is 0 Å². The molecule has 4 heteroatoms. The highest BCUT2D eigenvalue weighted by atomic mass is 35.5. The Balaban J connectivity index is 1.75. The first-order valence-corrected chi connectivity index (χ1v) is 8.17. The molecular formula is C16H20Cl2O2. The minimum atomic E-state index is -0.214. The molecule has 2 atom stereocenters. The number of benzene rings is 1. The van der Waals surface area contributed by atoms with Crippen molar-refractivity contribution in [2.24, 2.45) is 5.41 Å². The maximum absolute atomic E-state index is 10.3. The normalized spacial score (nSPS) is 28.8. The lowest BCUT2D eigenvalue weighted by atomic mass is 9.59. The second-order valence-corrected chi connectivity index (χ2v) is 6.90. The van der Waals surface area contributed by atoms with E-state index in [0.717, 1.165) is 25.0 Å². The summed E-state index contributed by atoms with van der Waals surface area (Å²) in [5, 5.41) is 11.3. The van der Waals surface area contributed by atoms with E-state index in [9.17, 15) is 5.11 Å². The zero-order valence-corrected chi connectivity index (χ0v) is 13.0. The van der Waals surface area contributed by atoms with Crippen molar-refractivity contribution in [3.8, 4) is 5.75 Å². The molecule has 2 aliphatic carbocycles. The summed E-state index contributed by atoms with van der Waals surface area (Å²) >= 11 is 12.0. The maximum atomic E-state index is 10.3. The largest absolute Gasteiger partial charge is 0.490 e. The molecule has 3 rings (SSSR count). The van der Waals surface area contributed by atoms with Crippen LogP contribution in [0.15, 0.2) is 18.2 Å². The van der Waals surface area contributed by atoms with E-state index >= 15 is 0 Å². The van der Waals surface area contributed by atoms with Crippen LogP contribution in [0.25, 0.3) is 0 Å². The van der Waals surface area contributed by atoms with Crippen molar-refractivity contribution in [1.82, 2.24) is 0 Å². The number of rotatable bonds is 2. The number of hydrogen-bond donors (Lipinski definition) is 1. The maximum Gasteiger partial charge on any atom is 0.121 e. The molecule has 2 fully saturated rings. The lowest BCUT2D eigenvalue weighted by Crippen LogP contribution is -2.59. The van der Waals surface area contributed by atoms with Crippen LogP contribution in [-0.2, 0) is 0 Å². The van der Waals surface area contributed by atoms with E-state index in [0.29, 0.717) is 10.0 Å². The van der Waals surface area contributed by atoms with Crippen molar-refractivity contribution in [3.05, 3.63) is 28.2 Å². The van der Waals surface area contributed by atoms with Crippen molar-refractivity contribution >= 4 is 23.2 Å². The second-order valence-electron chi connectivity index (χ2n) is 6.08.